The highest BCUT2D eigenvalue weighted by Crippen LogP contribution is 2.14. The Kier molecular flexibility index (Phi) is 4.35. The van der Waals surface area contributed by atoms with E-state index in [-0.39, 0.29) is 11.1 Å². The van der Waals surface area contributed by atoms with Crippen molar-refractivity contribution >= 4 is 12.0 Å². The van der Waals surface area contributed by atoms with Gasteiger partial charge in [0.15, 0.2) is 6.29 Å². The molecule has 1 aromatic heterocycles. The molecule has 0 fully saturated rings. The van der Waals surface area contributed by atoms with Crippen LogP contribution in [0, 0.1) is 6.92 Å². The second kappa shape index (κ2) is 6.19. The predicted octanol–water partition coefficient (Wildman–Crippen LogP) is 2.60. The molecule has 0 unspecified atom stereocenters. The molecule has 0 aliphatic rings. The predicted molar refractivity (Wildman–Crippen MR) is 80.3 cm³/mol. The van der Waals surface area contributed by atoms with Crippen LogP contribution in [0.2, 0.25) is 0 Å². The lowest BCUT2D eigenvalue weighted by Gasteiger charge is -2.13. The van der Waals surface area contributed by atoms with Crippen molar-refractivity contribution in [3.05, 3.63) is 63.6 Å². The smallest absolute Gasteiger partial charge is 0.263 e. The molecule has 0 spiro atoms. The lowest BCUT2D eigenvalue weighted by molar-refractivity contribution is 0.112. The molecular formula is C16H18N2O2. The Bertz CT molecular complexity index is 660. The number of carbonyl (C=O) groups excluding carboxylic acids is 1. The highest BCUT2D eigenvalue weighted by molar-refractivity contribution is 5.83. The number of nitrogens with zero attached hydrogens (tertiary/aromatic N) is 1. The number of pyridine rings is 1. The van der Waals surface area contributed by atoms with Crippen LogP contribution in [0.3, 0.4) is 0 Å². The first-order valence-corrected chi connectivity index (χ1v) is 6.64. The zero-order valence-corrected chi connectivity index (χ0v) is 11.7. The molecule has 20 heavy (non-hydrogen) atoms. The van der Waals surface area contributed by atoms with E-state index in [0.29, 0.717) is 25.1 Å². The molecule has 1 N–H and O–H groups in total. The Morgan fingerprint density at radius 1 is 1.25 bits per heavy atom. The second-order valence-electron chi connectivity index (χ2n) is 4.62. The van der Waals surface area contributed by atoms with E-state index in [2.05, 4.69) is 5.32 Å². The number of hydrogen-bond acceptors (Lipinski definition) is 3. The summed E-state index contributed by atoms with van der Waals surface area (Å²) >= 11 is 0. The van der Waals surface area contributed by atoms with Crippen molar-refractivity contribution < 1.29 is 4.79 Å². The average molecular weight is 270 g/mol. The molecule has 0 bridgehead atoms. The van der Waals surface area contributed by atoms with E-state index < -0.39 is 0 Å². The van der Waals surface area contributed by atoms with Gasteiger partial charge < -0.3 is 9.88 Å². The third-order valence-corrected chi connectivity index (χ3v) is 3.30. The summed E-state index contributed by atoms with van der Waals surface area (Å²) < 4.78 is 1.59. The van der Waals surface area contributed by atoms with E-state index in [0.717, 1.165) is 11.3 Å². The van der Waals surface area contributed by atoms with Crippen molar-refractivity contribution in [1.29, 1.82) is 0 Å². The van der Waals surface area contributed by atoms with E-state index in [4.69, 9.17) is 0 Å². The number of nitrogens with one attached hydrogen (secondary N) is 1. The van der Waals surface area contributed by atoms with Gasteiger partial charge in [0.2, 0.25) is 0 Å². The zero-order chi connectivity index (χ0) is 14.5. The first-order valence-electron chi connectivity index (χ1n) is 6.64. The van der Waals surface area contributed by atoms with E-state index in [9.17, 15) is 9.59 Å². The van der Waals surface area contributed by atoms with E-state index in [1.807, 2.05) is 50.2 Å². The molecule has 0 amide bonds. The van der Waals surface area contributed by atoms with Crippen molar-refractivity contribution in [3.8, 4) is 0 Å². The van der Waals surface area contributed by atoms with Gasteiger partial charge in [0.25, 0.3) is 5.56 Å². The maximum Gasteiger partial charge on any atom is 0.263 e. The van der Waals surface area contributed by atoms with Gasteiger partial charge in [-0.3, -0.25) is 9.59 Å². The number of aldehydes is 1. The molecule has 4 nitrogen and oxygen atoms in total. The normalized spacial score (nSPS) is 10.3. The molecule has 1 aromatic carbocycles. The third kappa shape index (κ3) is 2.79. The van der Waals surface area contributed by atoms with E-state index >= 15 is 0 Å². The summed E-state index contributed by atoms with van der Waals surface area (Å²) in [6, 6.07) is 11.7. The second-order valence-corrected chi connectivity index (χ2v) is 4.62. The van der Waals surface area contributed by atoms with Gasteiger partial charge in [0.05, 0.1) is 5.69 Å². The number of anilines is 1. The van der Waals surface area contributed by atoms with Gasteiger partial charge in [-0.2, -0.15) is 0 Å². The Labute approximate surface area is 118 Å². The standard InChI is InChI=1S/C16H18N2O2/c1-3-18-12(2)9-15(14(11-19)16(18)20)17-10-13-7-5-4-6-8-13/h4-9,11,17H,3,10H2,1-2H3. The SMILES string of the molecule is CCn1c(C)cc(NCc2ccccc2)c(C=O)c1=O. The van der Waals surface area contributed by atoms with Gasteiger partial charge in [-0.25, -0.2) is 0 Å². The maximum absolute atomic E-state index is 12.2. The minimum atomic E-state index is -0.238. The fourth-order valence-electron chi connectivity index (χ4n) is 2.23. The summed E-state index contributed by atoms with van der Waals surface area (Å²) in [6.07, 6.45) is 0.626. The van der Waals surface area contributed by atoms with Crippen LogP contribution in [-0.2, 0) is 13.1 Å². The Balaban J connectivity index is 2.32. The van der Waals surface area contributed by atoms with Gasteiger partial charge in [-0.1, -0.05) is 30.3 Å². The largest absolute Gasteiger partial charge is 0.380 e. The lowest BCUT2D eigenvalue weighted by atomic mass is 10.2. The third-order valence-electron chi connectivity index (χ3n) is 3.30. The summed E-state index contributed by atoms with van der Waals surface area (Å²) in [6.45, 7) is 4.90. The molecule has 0 aliphatic heterocycles. The Morgan fingerprint density at radius 2 is 1.95 bits per heavy atom. The molecule has 0 radical (unpaired) electrons. The van der Waals surface area contributed by atoms with Crippen molar-refractivity contribution in [3.63, 3.8) is 0 Å². The van der Waals surface area contributed by atoms with Gasteiger partial charge in [-0.05, 0) is 25.5 Å². The van der Waals surface area contributed by atoms with Gasteiger partial charge in [0, 0.05) is 18.8 Å². The summed E-state index contributed by atoms with van der Waals surface area (Å²) in [7, 11) is 0. The van der Waals surface area contributed by atoms with Crippen LogP contribution in [0.25, 0.3) is 0 Å². The molecule has 2 rings (SSSR count). The summed E-state index contributed by atoms with van der Waals surface area (Å²) in [5.41, 5.74) is 2.49. The molecule has 4 heteroatoms. The first kappa shape index (κ1) is 14.1. The average Bonchev–Trinajstić information content (AvgIpc) is 2.46. The monoisotopic (exact) mass is 270 g/mol. The van der Waals surface area contributed by atoms with Gasteiger partial charge in [-0.15, -0.1) is 0 Å². The van der Waals surface area contributed by atoms with Gasteiger partial charge in [0.1, 0.15) is 5.56 Å². The summed E-state index contributed by atoms with van der Waals surface area (Å²) in [5, 5.41) is 3.17. The highest BCUT2D eigenvalue weighted by atomic mass is 16.1. The van der Waals surface area contributed by atoms with Crippen LogP contribution < -0.4 is 10.9 Å². The number of benzene rings is 1. The van der Waals surface area contributed by atoms with Crippen LogP contribution in [0.15, 0.2) is 41.2 Å². The number of hydrogen-bond donors (Lipinski definition) is 1. The quantitative estimate of drug-likeness (QED) is 0.850. The van der Waals surface area contributed by atoms with Crippen LogP contribution in [-0.4, -0.2) is 10.9 Å². The summed E-state index contributed by atoms with van der Waals surface area (Å²) in [5.74, 6) is 0. The molecule has 104 valence electrons. The van der Waals surface area contributed by atoms with Crippen molar-refractivity contribution in [2.75, 3.05) is 5.32 Å². The van der Waals surface area contributed by atoms with Crippen molar-refractivity contribution in [2.45, 2.75) is 26.9 Å². The fraction of sp³-hybridized carbons (Fsp3) is 0.250. The zero-order valence-electron chi connectivity index (χ0n) is 11.7. The molecule has 0 saturated heterocycles. The maximum atomic E-state index is 12.2. The highest BCUT2D eigenvalue weighted by Gasteiger charge is 2.11. The van der Waals surface area contributed by atoms with E-state index in [1.165, 1.54) is 0 Å². The Morgan fingerprint density at radius 3 is 2.55 bits per heavy atom. The minimum absolute atomic E-state index is 0.188. The molecular weight excluding hydrogens is 252 g/mol. The summed E-state index contributed by atoms with van der Waals surface area (Å²) in [4.78, 5) is 23.4. The van der Waals surface area contributed by atoms with E-state index in [1.54, 1.807) is 4.57 Å². The molecule has 0 aliphatic carbocycles. The number of aryl methyl sites for hydroxylation is 1. The number of rotatable bonds is 5. The van der Waals surface area contributed by atoms with Crippen LogP contribution in [0.4, 0.5) is 5.69 Å². The van der Waals surface area contributed by atoms with Crippen molar-refractivity contribution in [2.24, 2.45) is 0 Å². The Hall–Kier alpha value is -2.36. The fourth-order valence-corrected chi connectivity index (χ4v) is 2.23. The number of carbonyl (C=O) groups is 1. The molecule has 0 atom stereocenters. The molecule has 0 saturated carbocycles. The molecule has 2 aromatic rings. The van der Waals surface area contributed by atoms with Crippen molar-refractivity contribution in [1.82, 2.24) is 4.57 Å². The number of aromatic nitrogens is 1. The topological polar surface area (TPSA) is 51.1 Å². The first-order chi connectivity index (χ1) is 9.67. The van der Waals surface area contributed by atoms with Crippen LogP contribution in [0.1, 0.15) is 28.5 Å². The van der Waals surface area contributed by atoms with Crippen LogP contribution >= 0.6 is 0 Å². The van der Waals surface area contributed by atoms with Crippen LogP contribution in [0.5, 0.6) is 0 Å². The minimum Gasteiger partial charge on any atom is -0.380 e. The lowest BCUT2D eigenvalue weighted by Crippen LogP contribution is -2.26. The molecule has 1 heterocycles. The van der Waals surface area contributed by atoms with Gasteiger partial charge >= 0.3 is 0 Å².